The zero-order valence-electron chi connectivity index (χ0n) is 17.2. The zero-order valence-corrected chi connectivity index (χ0v) is 17.2. The monoisotopic (exact) mass is 395 g/mol. The van der Waals surface area contributed by atoms with Gasteiger partial charge in [0, 0.05) is 0 Å². The van der Waals surface area contributed by atoms with Gasteiger partial charge in [0.15, 0.2) is 18.1 Å². The molecule has 0 spiro atoms. The third kappa shape index (κ3) is 4.73. The molecule has 6 nitrogen and oxygen atoms in total. The van der Waals surface area contributed by atoms with Gasteiger partial charge in [-0.25, -0.2) is 0 Å². The van der Waals surface area contributed by atoms with Crippen molar-refractivity contribution in [3.8, 4) is 17.6 Å². The molecule has 1 N–H and O–H groups in total. The van der Waals surface area contributed by atoms with Crippen LogP contribution in [0.2, 0.25) is 0 Å². The lowest BCUT2D eigenvalue weighted by atomic mass is 9.79. The van der Waals surface area contributed by atoms with Crippen LogP contribution in [0, 0.1) is 11.3 Å². The number of benzene rings is 2. The van der Waals surface area contributed by atoms with Crippen molar-refractivity contribution >= 4 is 12.6 Å². The number of hydrogen-bond acceptors (Lipinski definition) is 6. The average molecular weight is 395 g/mol. The SMILES string of the molecule is CC1(C)OB(c2ccc(OCC(O)c3ccccc3)c(OCC#N)c2)OC1(C)C. The Morgan fingerprint density at radius 1 is 1.00 bits per heavy atom. The van der Waals surface area contributed by atoms with Crippen LogP contribution < -0.4 is 14.9 Å². The van der Waals surface area contributed by atoms with Crippen molar-refractivity contribution in [2.75, 3.05) is 13.2 Å². The molecule has 0 aliphatic carbocycles. The smallest absolute Gasteiger partial charge is 0.487 e. The molecule has 0 bridgehead atoms. The van der Waals surface area contributed by atoms with Gasteiger partial charge in [-0.15, -0.1) is 0 Å². The van der Waals surface area contributed by atoms with Crippen molar-refractivity contribution in [1.29, 1.82) is 5.26 Å². The molecule has 7 heteroatoms. The van der Waals surface area contributed by atoms with Gasteiger partial charge in [0.25, 0.3) is 0 Å². The molecule has 1 aliphatic heterocycles. The van der Waals surface area contributed by atoms with E-state index in [-0.39, 0.29) is 13.2 Å². The Morgan fingerprint density at radius 2 is 1.66 bits per heavy atom. The molecule has 152 valence electrons. The first-order valence-electron chi connectivity index (χ1n) is 9.58. The van der Waals surface area contributed by atoms with Crippen LogP contribution in [0.25, 0.3) is 0 Å². The Labute approximate surface area is 172 Å². The van der Waals surface area contributed by atoms with E-state index in [9.17, 15) is 5.11 Å². The maximum absolute atomic E-state index is 10.3. The highest BCUT2D eigenvalue weighted by molar-refractivity contribution is 6.62. The molecule has 1 unspecified atom stereocenters. The predicted octanol–water partition coefficient (Wildman–Crippen LogP) is 3.00. The lowest BCUT2D eigenvalue weighted by Crippen LogP contribution is -2.41. The summed E-state index contributed by atoms with van der Waals surface area (Å²) in [6, 6.07) is 16.6. The molecule has 1 atom stereocenters. The van der Waals surface area contributed by atoms with Gasteiger partial charge in [0.2, 0.25) is 0 Å². The summed E-state index contributed by atoms with van der Waals surface area (Å²) in [5.41, 5.74) is 0.619. The van der Waals surface area contributed by atoms with E-state index in [2.05, 4.69) is 0 Å². The summed E-state index contributed by atoms with van der Waals surface area (Å²) in [5.74, 6) is 0.842. The van der Waals surface area contributed by atoms with E-state index >= 15 is 0 Å². The van der Waals surface area contributed by atoms with E-state index in [0.717, 1.165) is 11.0 Å². The minimum absolute atomic E-state index is 0.0583. The summed E-state index contributed by atoms with van der Waals surface area (Å²) >= 11 is 0. The molecule has 2 aromatic carbocycles. The second-order valence-corrected chi connectivity index (χ2v) is 7.98. The van der Waals surface area contributed by atoms with Crippen LogP contribution in [0.5, 0.6) is 11.5 Å². The van der Waals surface area contributed by atoms with E-state index in [1.165, 1.54) is 0 Å². The highest BCUT2D eigenvalue weighted by Crippen LogP contribution is 2.37. The predicted molar refractivity (Wildman–Crippen MR) is 110 cm³/mol. The van der Waals surface area contributed by atoms with Crippen molar-refractivity contribution in [2.45, 2.75) is 45.0 Å². The molecule has 0 amide bonds. The first-order valence-corrected chi connectivity index (χ1v) is 9.58. The zero-order chi connectivity index (χ0) is 21.1. The molecule has 3 rings (SSSR count). The van der Waals surface area contributed by atoms with Crippen LogP contribution in [0.15, 0.2) is 48.5 Å². The molecular formula is C22H26BNO5. The summed E-state index contributed by atoms with van der Waals surface area (Å²) in [6.45, 7) is 7.89. The van der Waals surface area contributed by atoms with Crippen LogP contribution in [-0.2, 0) is 9.31 Å². The topological polar surface area (TPSA) is 80.9 Å². The van der Waals surface area contributed by atoms with Gasteiger partial charge < -0.3 is 23.9 Å². The third-order valence-corrected chi connectivity index (χ3v) is 5.37. The Bertz CT molecular complexity index is 863. The lowest BCUT2D eigenvalue weighted by molar-refractivity contribution is 0.00578. The minimum Gasteiger partial charge on any atom is -0.487 e. The number of nitrogens with zero attached hydrogens (tertiary/aromatic N) is 1. The van der Waals surface area contributed by atoms with Crippen LogP contribution in [0.4, 0.5) is 0 Å². The molecule has 0 saturated carbocycles. The van der Waals surface area contributed by atoms with Crippen molar-refractivity contribution in [1.82, 2.24) is 0 Å². The van der Waals surface area contributed by atoms with E-state index in [4.69, 9.17) is 24.0 Å². The Hall–Kier alpha value is -2.53. The summed E-state index contributed by atoms with van der Waals surface area (Å²) in [5, 5.41) is 19.2. The highest BCUT2D eigenvalue weighted by atomic mass is 16.7. The number of hydrogen-bond donors (Lipinski definition) is 1. The van der Waals surface area contributed by atoms with Crippen LogP contribution in [-0.4, -0.2) is 36.6 Å². The van der Waals surface area contributed by atoms with E-state index < -0.39 is 24.4 Å². The molecule has 0 aromatic heterocycles. The van der Waals surface area contributed by atoms with Gasteiger partial charge >= 0.3 is 7.12 Å². The second-order valence-electron chi connectivity index (χ2n) is 7.98. The van der Waals surface area contributed by atoms with Crippen LogP contribution in [0.3, 0.4) is 0 Å². The molecular weight excluding hydrogens is 369 g/mol. The van der Waals surface area contributed by atoms with Gasteiger partial charge in [-0.2, -0.15) is 5.26 Å². The summed E-state index contributed by atoms with van der Waals surface area (Å²) in [7, 11) is -0.548. The average Bonchev–Trinajstić information content (AvgIpc) is 2.92. The highest BCUT2D eigenvalue weighted by Gasteiger charge is 2.51. The van der Waals surface area contributed by atoms with E-state index in [0.29, 0.717) is 11.5 Å². The summed E-state index contributed by atoms with van der Waals surface area (Å²) in [6.07, 6.45) is -0.775. The molecule has 29 heavy (non-hydrogen) atoms. The van der Waals surface area contributed by atoms with Gasteiger partial charge in [-0.3, -0.25) is 0 Å². The fourth-order valence-electron chi connectivity index (χ4n) is 2.93. The number of nitriles is 1. The lowest BCUT2D eigenvalue weighted by Gasteiger charge is -2.32. The van der Waals surface area contributed by atoms with E-state index in [1.54, 1.807) is 12.1 Å². The Morgan fingerprint density at radius 3 is 2.28 bits per heavy atom. The minimum atomic E-state index is -0.775. The normalized spacial score (nSPS) is 18.1. The number of aliphatic hydroxyl groups is 1. The first kappa shape index (κ1) is 21.2. The third-order valence-electron chi connectivity index (χ3n) is 5.37. The van der Waals surface area contributed by atoms with Crippen molar-refractivity contribution in [2.24, 2.45) is 0 Å². The van der Waals surface area contributed by atoms with Gasteiger partial charge in [0.05, 0.1) is 11.2 Å². The maximum Gasteiger partial charge on any atom is 0.494 e. The fraction of sp³-hybridized carbons (Fsp3) is 0.409. The van der Waals surface area contributed by atoms with Crippen LogP contribution in [0.1, 0.15) is 39.4 Å². The van der Waals surface area contributed by atoms with Gasteiger partial charge in [-0.05, 0) is 50.9 Å². The Kier molecular flexibility index (Phi) is 6.18. The van der Waals surface area contributed by atoms with E-state index in [1.807, 2.05) is 70.2 Å². The molecule has 2 aromatic rings. The number of rotatable bonds is 7. The second kappa shape index (κ2) is 8.46. The number of ether oxygens (including phenoxy) is 2. The molecule has 1 aliphatic rings. The van der Waals surface area contributed by atoms with Crippen molar-refractivity contribution < 1.29 is 23.9 Å². The molecule has 1 saturated heterocycles. The standard InChI is InChI=1S/C22H26BNO5/c1-21(2)22(3,4)29-23(28-21)17-10-11-19(20(14-17)26-13-12-24)27-15-18(25)16-8-6-5-7-9-16/h5-11,14,18,25H,13,15H2,1-4H3. The molecule has 1 fully saturated rings. The largest absolute Gasteiger partial charge is 0.494 e. The van der Waals surface area contributed by atoms with Crippen molar-refractivity contribution in [3.63, 3.8) is 0 Å². The summed E-state index contributed by atoms with van der Waals surface area (Å²) < 4.78 is 23.5. The fourth-order valence-corrected chi connectivity index (χ4v) is 2.93. The summed E-state index contributed by atoms with van der Waals surface area (Å²) in [4.78, 5) is 0. The van der Waals surface area contributed by atoms with Crippen molar-refractivity contribution in [3.05, 3.63) is 54.1 Å². The Balaban J connectivity index is 1.77. The molecule has 1 heterocycles. The van der Waals surface area contributed by atoms with Gasteiger partial charge in [-0.1, -0.05) is 36.4 Å². The maximum atomic E-state index is 10.3. The van der Waals surface area contributed by atoms with Crippen LogP contribution >= 0.6 is 0 Å². The molecule has 0 radical (unpaired) electrons. The van der Waals surface area contributed by atoms with Gasteiger partial charge in [0.1, 0.15) is 18.8 Å². The quantitative estimate of drug-likeness (QED) is 0.726. The number of aliphatic hydroxyl groups excluding tert-OH is 1. The first-order chi connectivity index (χ1) is 13.7.